The highest BCUT2D eigenvalue weighted by molar-refractivity contribution is 5.96. The maximum atomic E-state index is 12.4. The fourth-order valence-electron chi connectivity index (χ4n) is 2.33. The third-order valence-corrected chi connectivity index (χ3v) is 4.33. The molecular weight excluding hydrogens is 302 g/mol. The molecule has 0 aliphatic carbocycles. The molecule has 1 aromatic rings. The van der Waals surface area contributed by atoms with E-state index in [1.165, 1.54) is 0 Å². The maximum Gasteiger partial charge on any atom is 0.344 e. The zero-order chi connectivity index (χ0) is 17.2. The van der Waals surface area contributed by atoms with Crippen LogP contribution >= 0.6 is 0 Å². The van der Waals surface area contributed by atoms with Gasteiger partial charge >= 0.3 is 5.69 Å². The van der Waals surface area contributed by atoms with Crippen LogP contribution in [0.5, 0.6) is 0 Å². The van der Waals surface area contributed by atoms with Crippen LogP contribution in [0.1, 0.15) is 62.7 Å². The Morgan fingerprint density at radius 1 is 1.39 bits per heavy atom. The zero-order valence-electron chi connectivity index (χ0n) is 13.9. The first kappa shape index (κ1) is 17.4. The van der Waals surface area contributed by atoms with Crippen LogP contribution in [0.15, 0.2) is 4.52 Å². The van der Waals surface area contributed by atoms with Crippen molar-refractivity contribution in [2.45, 2.75) is 52.5 Å². The molecule has 8 heteroatoms. The van der Waals surface area contributed by atoms with E-state index in [2.05, 4.69) is 10.5 Å². The third kappa shape index (κ3) is 3.87. The van der Waals surface area contributed by atoms with Crippen LogP contribution in [0, 0.1) is 15.5 Å². The number of aromatic nitrogens is 1. The first-order valence-electron chi connectivity index (χ1n) is 7.74. The summed E-state index contributed by atoms with van der Waals surface area (Å²) in [6.45, 7) is 8.81. The maximum absolute atomic E-state index is 12.4. The van der Waals surface area contributed by atoms with Crippen LogP contribution in [-0.4, -0.2) is 35.2 Å². The highest BCUT2D eigenvalue weighted by Crippen LogP contribution is 2.35. The van der Waals surface area contributed by atoms with Crippen LogP contribution in [0.25, 0.3) is 0 Å². The van der Waals surface area contributed by atoms with Crippen molar-refractivity contribution in [3.63, 3.8) is 0 Å². The van der Waals surface area contributed by atoms with Gasteiger partial charge in [-0.15, -0.1) is 0 Å². The second kappa shape index (κ2) is 6.66. The number of nitrogens with zero attached hydrogens (tertiary/aromatic N) is 2. The van der Waals surface area contributed by atoms with Crippen LogP contribution in [0.3, 0.4) is 0 Å². The molecule has 0 radical (unpaired) electrons. The molecule has 1 N–H and O–H groups in total. The fourth-order valence-corrected chi connectivity index (χ4v) is 2.33. The molecule has 1 aliphatic rings. The predicted molar refractivity (Wildman–Crippen MR) is 82.3 cm³/mol. The first-order chi connectivity index (χ1) is 10.7. The average molecular weight is 325 g/mol. The first-order valence-corrected chi connectivity index (χ1v) is 7.74. The summed E-state index contributed by atoms with van der Waals surface area (Å²) in [6, 6.07) is -0.169. The summed E-state index contributed by atoms with van der Waals surface area (Å²) in [7, 11) is 0. The van der Waals surface area contributed by atoms with E-state index >= 15 is 0 Å². The lowest BCUT2D eigenvalue weighted by Gasteiger charge is -2.27. The van der Waals surface area contributed by atoms with Gasteiger partial charge in [0.25, 0.3) is 5.91 Å². The van der Waals surface area contributed by atoms with Crippen molar-refractivity contribution in [3.8, 4) is 0 Å². The summed E-state index contributed by atoms with van der Waals surface area (Å²) in [5.74, 6) is -0.550. The third-order valence-electron chi connectivity index (χ3n) is 4.33. The molecule has 1 aliphatic heterocycles. The smallest absolute Gasteiger partial charge is 0.344 e. The van der Waals surface area contributed by atoms with Crippen molar-refractivity contribution in [2.75, 3.05) is 13.2 Å². The summed E-state index contributed by atoms with van der Waals surface area (Å²) in [6.07, 6.45) is 1.24. The Labute approximate surface area is 134 Å². The highest BCUT2D eigenvalue weighted by Gasteiger charge is 2.37. The van der Waals surface area contributed by atoms with E-state index in [0.29, 0.717) is 26.1 Å². The molecule has 1 atom stereocenters. The molecule has 23 heavy (non-hydrogen) atoms. The quantitative estimate of drug-likeness (QED) is 0.673. The number of hydrogen-bond acceptors (Lipinski definition) is 6. The van der Waals surface area contributed by atoms with E-state index in [0.717, 1.165) is 0 Å². The molecule has 2 rings (SSSR count). The van der Waals surface area contributed by atoms with Gasteiger partial charge in [-0.2, -0.15) is 0 Å². The van der Waals surface area contributed by atoms with Gasteiger partial charge in [-0.3, -0.25) is 14.9 Å². The number of nitro groups is 1. The molecule has 0 saturated carbocycles. The zero-order valence-corrected chi connectivity index (χ0v) is 13.9. The van der Waals surface area contributed by atoms with E-state index in [4.69, 9.17) is 9.26 Å². The minimum Gasteiger partial charge on any atom is -0.381 e. The van der Waals surface area contributed by atoms with E-state index in [1.807, 2.05) is 27.7 Å². The van der Waals surface area contributed by atoms with Gasteiger partial charge < -0.3 is 14.6 Å². The number of hydrogen-bond donors (Lipinski definition) is 1. The summed E-state index contributed by atoms with van der Waals surface area (Å²) in [5.41, 5.74) is -0.749. The lowest BCUT2D eigenvalue weighted by molar-refractivity contribution is -0.386. The molecule has 128 valence electrons. The van der Waals surface area contributed by atoms with Gasteiger partial charge in [0.15, 0.2) is 0 Å². The Kier molecular flexibility index (Phi) is 5.03. The molecule has 8 nitrogen and oxygen atoms in total. The number of carbonyl (C=O) groups is 1. The second-order valence-corrected chi connectivity index (χ2v) is 6.95. The van der Waals surface area contributed by atoms with Crippen molar-refractivity contribution in [1.82, 2.24) is 10.5 Å². The highest BCUT2D eigenvalue weighted by atomic mass is 16.6. The predicted octanol–water partition coefficient (Wildman–Crippen LogP) is 2.64. The summed E-state index contributed by atoms with van der Waals surface area (Å²) >= 11 is 0. The Hall–Kier alpha value is -1.96. The Balaban J connectivity index is 2.27. The molecule has 0 aromatic carbocycles. The van der Waals surface area contributed by atoms with Crippen LogP contribution < -0.4 is 5.32 Å². The van der Waals surface area contributed by atoms with Crippen molar-refractivity contribution in [3.05, 3.63) is 21.6 Å². The number of rotatable bonds is 4. The SMILES string of the molecule is C[C@H](NC(=O)c1noc(C2CCOCC2)c1[N+](=O)[O-])C(C)(C)C. The topological polar surface area (TPSA) is 108 Å². The molecule has 0 unspecified atom stereocenters. The van der Waals surface area contributed by atoms with Gasteiger partial charge in [-0.1, -0.05) is 25.9 Å². The van der Waals surface area contributed by atoms with E-state index < -0.39 is 10.8 Å². The van der Waals surface area contributed by atoms with Crippen LogP contribution in [0.2, 0.25) is 0 Å². The van der Waals surface area contributed by atoms with Crippen LogP contribution in [0.4, 0.5) is 5.69 Å². The van der Waals surface area contributed by atoms with E-state index in [-0.39, 0.29) is 34.5 Å². The van der Waals surface area contributed by atoms with Gasteiger partial charge in [0.2, 0.25) is 11.5 Å². The molecule has 0 bridgehead atoms. The van der Waals surface area contributed by atoms with Gasteiger partial charge in [-0.05, 0) is 25.2 Å². The monoisotopic (exact) mass is 325 g/mol. The number of nitrogens with one attached hydrogen (secondary N) is 1. The van der Waals surface area contributed by atoms with E-state index in [1.54, 1.807) is 0 Å². The Bertz CT molecular complexity index is 584. The van der Waals surface area contributed by atoms with Gasteiger partial charge in [-0.25, -0.2) is 0 Å². The van der Waals surface area contributed by atoms with Gasteiger partial charge in [0.1, 0.15) is 0 Å². The van der Waals surface area contributed by atoms with Crippen molar-refractivity contribution < 1.29 is 19.0 Å². The summed E-state index contributed by atoms with van der Waals surface area (Å²) < 4.78 is 10.4. The van der Waals surface area contributed by atoms with Gasteiger partial charge in [0, 0.05) is 25.2 Å². The van der Waals surface area contributed by atoms with E-state index in [9.17, 15) is 14.9 Å². The number of ether oxygens (including phenoxy) is 1. The lowest BCUT2D eigenvalue weighted by atomic mass is 9.88. The minimum absolute atomic E-state index is 0.141. The average Bonchev–Trinajstić information content (AvgIpc) is 2.92. The largest absolute Gasteiger partial charge is 0.381 e. The van der Waals surface area contributed by atoms with Gasteiger partial charge in [0.05, 0.1) is 4.92 Å². The van der Waals surface area contributed by atoms with Crippen molar-refractivity contribution in [1.29, 1.82) is 0 Å². The molecular formula is C15H23N3O5. The fraction of sp³-hybridized carbons (Fsp3) is 0.733. The molecule has 1 aromatic heterocycles. The van der Waals surface area contributed by atoms with Crippen molar-refractivity contribution in [2.24, 2.45) is 5.41 Å². The Morgan fingerprint density at radius 2 is 2.00 bits per heavy atom. The van der Waals surface area contributed by atoms with Crippen LogP contribution in [-0.2, 0) is 4.74 Å². The standard InChI is InChI=1S/C15H23N3O5/c1-9(15(2,3)4)16-14(19)11-12(18(20)21)13(23-17-11)10-5-7-22-8-6-10/h9-10H,5-8H2,1-4H3,(H,16,19)/t9-/m0/s1. The summed E-state index contributed by atoms with van der Waals surface area (Å²) in [5, 5.41) is 17.9. The number of amides is 1. The molecule has 1 amide bonds. The molecule has 0 spiro atoms. The number of carbonyl (C=O) groups excluding carboxylic acids is 1. The Morgan fingerprint density at radius 3 is 2.52 bits per heavy atom. The molecule has 2 heterocycles. The molecule has 1 fully saturated rings. The lowest BCUT2D eigenvalue weighted by Crippen LogP contribution is -2.41. The normalized spacial score (nSPS) is 17.7. The second-order valence-electron chi connectivity index (χ2n) is 6.95. The molecule has 1 saturated heterocycles. The minimum atomic E-state index is -0.585. The summed E-state index contributed by atoms with van der Waals surface area (Å²) in [4.78, 5) is 23.2. The van der Waals surface area contributed by atoms with Crippen molar-refractivity contribution >= 4 is 11.6 Å².